The third-order valence-electron chi connectivity index (χ3n) is 2.96. The zero-order valence-corrected chi connectivity index (χ0v) is 13.4. The van der Waals surface area contributed by atoms with Crippen LogP contribution < -0.4 is 5.32 Å². The maximum Gasteiger partial charge on any atom is 0.161 e. The molecule has 0 unspecified atom stereocenters. The Morgan fingerprint density at radius 3 is 2.52 bits per heavy atom. The quantitative estimate of drug-likeness (QED) is 0.848. The van der Waals surface area contributed by atoms with Crippen molar-refractivity contribution in [2.75, 3.05) is 6.54 Å². The average Bonchev–Trinajstić information content (AvgIpc) is 2.85. The molecule has 4 nitrogen and oxygen atoms in total. The summed E-state index contributed by atoms with van der Waals surface area (Å²) in [7, 11) is -3.32. The number of halogens is 1. The Balaban J connectivity index is 2.04. The molecule has 0 atom stereocenters. The van der Waals surface area contributed by atoms with Crippen LogP contribution in [0.2, 0.25) is 5.02 Å². The second kappa shape index (κ2) is 7.11. The summed E-state index contributed by atoms with van der Waals surface area (Å²) in [5, 5.41) is 3.59. The Kier molecular flexibility index (Phi) is 5.45. The number of sulfone groups is 1. The molecule has 1 heterocycles. The number of rotatable bonds is 7. The van der Waals surface area contributed by atoms with Crippen molar-refractivity contribution in [3.63, 3.8) is 0 Å². The van der Waals surface area contributed by atoms with Crippen LogP contribution in [0.15, 0.2) is 40.8 Å². The van der Waals surface area contributed by atoms with E-state index in [1.807, 2.05) is 6.92 Å². The average molecular weight is 328 g/mol. The van der Waals surface area contributed by atoms with Crippen molar-refractivity contribution in [1.82, 2.24) is 5.32 Å². The Labute approximate surface area is 130 Å². The van der Waals surface area contributed by atoms with Gasteiger partial charge in [0.25, 0.3) is 0 Å². The van der Waals surface area contributed by atoms with Crippen molar-refractivity contribution in [2.45, 2.75) is 25.0 Å². The number of hydrogen-bond acceptors (Lipinski definition) is 4. The van der Waals surface area contributed by atoms with E-state index in [2.05, 4.69) is 5.32 Å². The molecular formula is C15H18ClNO3S. The fourth-order valence-electron chi connectivity index (χ4n) is 1.96. The first kappa shape index (κ1) is 16.1. The summed E-state index contributed by atoms with van der Waals surface area (Å²) >= 11 is 6.00. The molecule has 0 aliphatic heterocycles. The first-order valence-corrected chi connectivity index (χ1v) is 8.92. The molecular weight excluding hydrogens is 310 g/mol. The van der Waals surface area contributed by atoms with E-state index in [9.17, 15) is 8.42 Å². The maximum atomic E-state index is 12.2. The smallest absolute Gasteiger partial charge is 0.161 e. The van der Waals surface area contributed by atoms with Crippen molar-refractivity contribution in [3.05, 3.63) is 58.5 Å². The largest absolute Gasteiger partial charge is 0.464 e. The van der Waals surface area contributed by atoms with Crippen LogP contribution in [-0.4, -0.2) is 15.0 Å². The van der Waals surface area contributed by atoms with Gasteiger partial charge in [-0.3, -0.25) is 0 Å². The SMILES string of the molecule is CCNCc1ccc(CS(=O)(=O)Cc2ccccc2Cl)o1. The van der Waals surface area contributed by atoms with Crippen LogP contribution in [-0.2, 0) is 27.9 Å². The first-order valence-electron chi connectivity index (χ1n) is 6.72. The van der Waals surface area contributed by atoms with Crippen LogP contribution in [0.5, 0.6) is 0 Å². The Hall–Kier alpha value is -1.30. The standard InChI is InChI=1S/C15H18ClNO3S/c1-2-17-9-13-7-8-14(20-13)11-21(18,19)10-12-5-3-4-6-15(12)16/h3-8,17H,2,9-11H2,1H3. The van der Waals surface area contributed by atoms with Gasteiger partial charge in [-0.05, 0) is 30.3 Å². The lowest BCUT2D eigenvalue weighted by atomic mass is 10.2. The molecule has 1 N–H and O–H groups in total. The Morgan fingerprint density at radius 2 is 1.81 bits per heavy atom. The van der Waals surface area contributed by atoms with E-state index in [0.29, 0.717) is 22.9 Å². The molecule has 21 heavy (non-hydrogen) atoms. The number of hydrogen-bond donors (Lipinski definition) is 1. The van der Waals surface area contributed by atoms with Gasteiger partial charge in [-0.15, -0.1) is 0 Å². The molecule has 2 rings (SSSR count). The molecule has 0 aliphatic rings. The van der Waals surface area contributed by atoms with Crippen LogP contribution in [0.25, 0.3) is 0 Å². The van der Waals surface area contributed by atoms with Gasteiger partial charge in [0.15, 0.2) is 9.84 Å². The number of furan rings is 1. The molecule has 0 saturated heterocycles. The van der Waals surface area contributed by atoms with E-state index in [4.69, 9.17) is 16.0 Å². The zero-order valence-electron chi connectivity index (χ0n) is 11.8. The molecule has 114 valence electrons. The van der Waals surface area contributed by atoms with Crippen molar-refractivity contribution in [2.24, 2.45) is 0 Å². The third kappa shape index (κ3) is 4.88. The minimum Gasteiger partial charge on any atom is -0.464 e. The van der Waals surface area contributed by atoms with Gasteiger partial charge < -0.3 is 9.73 Å². The Morgan fingerprint density at radius 1 is 1.10 bits per heavy atom. The third-order valence-corrected chi connectivity index (χ3v) is 4.81. The van der Waals surface area contributed by atoms with Gasteiger partial charge in [0.2, 0.25) is 0 Å². The summed E-state index contributed by atoms with van der Waals surface area (Å²) in [5.41, 5.74) is 0.610. The summed E-state index contributed by atoms with van der Waals surface area (Å²) in [6, 6.07) is 10.5. The summed E-state index contributed by atoms with van der Waals surface area (Å²) in [6.45, 7) is 3.43. The van der Waals surface area contributed by atoms with E-state index < -0.39 is 9.84 Å². The summed E-state index contributed by atoms with van der Waals surface area (Å²) in [5.74, 6) is 0.982. The molecule has 0 radical (unpaired) electrons. The predicted molar refractivity (Wildman–Crippen MR) is 83.9 cm³/mol. The Bertz CT molecular complexity index is 694. The summed E-state index contributed by atoms with van der Waals surface area (Å²) < 4.78 is 29.9. The van der Waals surface area contributed by atoms with E-state index in [-0.39, 0.29) is 11.5 Å². The minimum absolute atomic E-state index is 0.0874. The molecule has 1 aromatic heterocycles. The number of benzene rings is 1. The van der Waals surface area contributed by atoms with Crippen LogP contribution in [0.4, 0.5) is 0 Å². The van der Waals surface area contributed by atoms with Gasteiger partial charge in [-0.2, -0.15) is 0 Å². The molecule has 0 fully saturated rings. The normalized spacial score (nSPS) is 11.7. The highest BCUT2D eigenvalue weighted by Gasteiger charge is 2.17. The van der Waals surface area contributed by atoms with Gasteiger partial charge in [0.05, 0.1) is 12.3 Å². The van der Waals surface area contributed by atoms with Gasteiger partial charge in [0, 0.05) is 5.02 Å². The van der Waals surface area contributed by atoms with Crippen LogP contribution >= 0.6 is 11.6 Å². The molecule has 0 aliphatic carbocycles. The highest BCUT2D eigenvalue weighted by molar-refractivity contribution is 7.89. The fraction of sp³-hybridized carbons (Fsp3) is 0.333. The molecule has 0 saturated carbocycles. The topological polar surface area (TPSA) is 59.3 Å². The van der Waals surface area contributed by atoms with E-state index in [1.165, 1.54) is 0 Å². The maximum absolute atomic E-state index is 12.2. The monoisotopic (exact) mass is 327 g/mol. The minimum atomic E-state index is -3.32. The molecule has 0 spiro atoms. The van der Waals surface area contributed by atoms with Crippen LogP contribution in [0, 0.1) is 0 Å². The van der Waals surface area contributed by atoms with E-state index in [1.54, 1.807) is 36.4 Å². The highest BCUT2D eigenvalue weighted by atomic mass is 35.5. The summed E-state index contributed by atoms with van der Waals surface area (Å²) in [6.07, 6.45) is 0. The van der Waals surface area contributed by atoms with Crippen molar-refractivity contribution in [3.8, 4) is 0 Å². The molecule has 1 aromatic carbocycles. The van der Waals surface area contributed by atoms with Crippen LogP contribution in [0.1, 0.15) is 24.0 Å². The van der Waals surface area contributed by atoms with Gasteiger partial charge in [0.1, 0.15) is 17.3 Å². The molecule has 6 heteroatoms. The lowest BCUT2D eigenvalue weighted by molar-refractivity contribution is 0.459. The number of nitrogens with one attached hydrogen (secondary N) is 1. The second-order valence-corrected chi connectivity index (χ2v) is 7.24. The molecule has 0 amide bonds. The van der Waals surface area contributed by atoms with Crippen molar-refractivity contribution >= 4 is 21.4 Å². The zero-order chi connectivity index (χ0) is 15.3. The molecule has 0 bridgehead atoms. The molecule has 2 aromatic rings. The van der Waals surface area contributed by atoms with Crippen molar-refractivity contribution in [1.29, 1.82) is 0 Å². The summed E-state index contributed by atoms with van der Waals surface area (Å²) in [4.78, 5) is 0. The first-order chi connectivity index (χ1) is 10.00. The lowest BCUT2D eigenvalue weighted by Gasteiger charge is -2.05. The van der Waals surface area contributed by atoms with Crippen molar-refractivity contribution < 1.29 is 12.8 Å². The van der Waals surface area contributed by atoms with E-state index in [0.717, 1.165) is 12.3 Å². The van der Waals surface area contributed by atoms with Gasteiger partial charge in [-0.25, -0.2) is 8.42 Å². The fourth-order valence-corrected chi connectivity index (χ4v) is 3.66. The second-order valence-electron chi connectivity index (χ2n) is 4.77. The van der Waals surface area contributed by atoms with Crippen LogP contribution in [0.3, 0.4) is 0 Å². The van der Waals surface area contributed by atoms with Gasteiger partial charge >= 0.3 is 0 Å². The van der Waals surface area contributed by atoms with E-state index >= 15 is 0 Å². The predicted octanol–water partition coefficient (Wildman–Crippen LogP) is 3.16. The highest BCUT2D eigenvalue weighted by Crippen LogP contribution is 2.20. The lowest BCUT2D eigenvalue weighted by Crippen LogP contribution is -2.11. The van der Waals surface area contributed by atoms with Gasteiger partial charge in [-0.1, -0.05) is 36.7 Å².